The van der Waals surface area contributed by atoms with Crippen LogP contribution in [-0.4, -0.2) is 20.8 Å². The minimum absolute atomic E-state index is 0.341. The molecular formula is C14H20ClNO2. The molecule has 100 valence electrons. The van der Waals surface area contributed by atoms with Crippen molar-refractivity contribution in [2.75, 3.05) is 20.8 Å². The van der Waals surface area contributed by atoms with Crippen molar-refractivity contribution in [1.82, 2.24) is 5.32 Å². The summed E-state index contributed by atoms with van der Waals surface area (Å²) in [6, 6.07) is 2.50. The third-order valence-corrected chi connectivity index (χ3v) is 3.85. The highest BCUT2D eigenvalue weighted by molar-refractivity contribution is 6.33. The van der Waals surface area contributed by atoms with E-state index in [1.54, 1.807) is 14.2 Å². The lowest BCUT2D eigenvalue weighted by atomic mass is 9.99. The Morgan fingerprint density at radius 1 is 1.33 bits per heavy atom. The molecule has 0 saturated carbocycles. The predicted molar refractivity (Wildman–Crippen MR) is 73.9 cm³/mol. The molecular weight excluding hydrogens is 250 g/mol. The van der Waals surface area contributed by atoms with Crippen molar-refractivity contribution in [2.45, 2.75) is 32.2 Å². The highest BCUT2D eigenvalue weighted by atomic mass is 35.5. The Bertz CT molecular complexity index is 428. The molecule has 2 rings (SSSR count). The van der Waals surface area contributed by atoms with Gasteiger partial charge in [0.2, 0.25) is 0 Å². The molecule has 0 bridgehead atoms. The second-order valence-electron chi connectivity index (χ2n) is 4.51. The van der Waals surface area contributed by atoms with Crippen LogP contribution in [0.2, 0.25) is 5.02 Å². The average Bonchev–Trinajstić information content (AvgIpc) is 2.91. The van der Waals surface area contributed by atoms with E-state index in [0.29, 0.717) is 11.1 Å². The zero-order valence-corrected chi connectivity index (χ0v) is 11.9. The second-order valence-corrected chi connectivity index (χ2v) is 4.89. The number of benzene rings is 1. The highest BCUT2D eigenvalue weighted by Crippen LogP contribution is 2.43. The van der Waals surface area contributed by atoms with Crippen LogP contribution >= 0.6 is 11.6 Å². The van der Waals surface area contributed by atoms with Gasteiger partial charge in [0.25, 0.3) is 0 Å². The number of halogens is 1. The Labute approximate surface area is 113 Å². The molecule has 0 spiro atoms. The quantitative estimate of drug-likeness (QED) is 0.909. The molecule has 1 heterocycles. The molecule has 1 fully saturated rings. The largest absolute Gasteiger partial charge is 0.495 e. The molecule has 0 aromatic heterocycles. The fourth-order valence-corrected chi connectivity index (χ4v) is 2.97. The second kappa shape index (κ2) is 5.81. The van der Waals surface area contributed by atoms with Crippen molar-refractivity contribution < 1.29 is 9.47 Å². The van der Waals surface area contributed by atoms with E-state index in [1.165, 1.54) is 6.42 Å². The molecule has 1 aliphatic heterocycles. The Kier molecular flexibility index (Phi) is 4.36. The van der Waals surface area contributed by atoms with E-state index in [9.17, 15) is 0 Å². The summed E-state index contributed by atoms with van der Waals surface area (Å²) in [5, 5.41) is 4.07. The molecule has 1 aliphatic rings. The van der Waals surface area contributed by atoms with Gasteiger partial charge in [-0.1, -0.05) is 18.5 Å². The Morgan fingerprint density at radius 3 is 2.56 bits per heavy atom. The smallest absolute Gasteiger partial charge is 0.146 e. The first kappa shape index (κ1) is 13.5. The van der Waals surface area contributed by atoms with E-state index in [4.69, 9.17) is 21.1 Å². The average molecular weight is 270 g/mol. The maximum Gasteiger partial charge on any atom is 0.146 e. The molecule has 3 nitrogen and oxygen atoms in total. The van der Waals surface area contributed by atoms with Crippen LogP contribution in [0.4, 0.5) is 0 Å². The van der Waals surface area contributed by atoms with Gasteiger partial charge in [-0.05, 0) is 37.4 Å². The monoisotopic (exact) mass is 269 g/mol. The molecule has 1 saturated heterocycles. The minimum Gasteiger partial charge on any atom is -0.495 e. The summed E-state index contributed by atoms with van der Waals surface area (Å²) in [4.78, 5) is 0. The first-order chi connectivity index (χ1) is 8.72. The van der Waals surface area contributed by atoms with E-state index >= 15 is 0 Å². The van der Waals surface area contributed by atoms with Crippen molar-refractivity contribution in [3.8, 4) is 11.5 Å². The van der Waals surface area contributed by atoms with E-state index < -0.39 is 0 Å². The number of hydrogen-bond acceptors (Lipinski definition) is 3. The molecule has 4 heteroatoms. The molecule has 1 atom stereocenters. The van der Waals surface area contributed by atoms with Gasteiger partial charge in [0.15, 0.2) is 0 Å². The maximum atomic E-state index is 6.40. The molecule has 1 unspecified atom stereocenters. The van der Waals surface area contributed by atoms with Crippen molar-refractivity contribution in [3.63, 3.8) is 0 Å². The van der Waals surface area contributed by atoms with E-state index in [-0.39, 0.29) is 0 Å². The lowest BCUT2D eigenvalue weighted by Crippen LogP contribution is -2.14. The maximum absolute atomic E-state index is 6.40. The predicted octanol–water partition coefficient (Wildman–Crippen LogP) is 3.34. The number of hydrogen-bond donors (Lipinski definition) is 1. The SMILES string of the molecule is CCc1cc(C2CCCN2)c(OC)c(Cl)c1OC. The lowest BCUT2D eigenvalue weighted by Gasteiger charge is -2.20. The van der Waals surface area contributed by atoms with Crippen LogP contribution in [0.3, 0.4) is 0 Å². The summed E-state index contributed by atoms with van der Waals surface area (Å²) in [5.74, 6) is 1.47. The summed E-state index contributed by atoms with van der Waals surface area (Å²) < 4.78 is 10.9. The first-order valence-electron chi connectivity index (χ1n) is 6.39. The molecule has 18 heavy (non-hydrogen) atoms. The zero-order valence-electron chi connectivity index (χ0n) is 11.2. The third kappa shape index (κ3) is 2.29. The lowest BCUT2D eigenvalue weighted by molar-refractivity contribution is 0.384. The molecule has 0 radical (unpaired) electrons. The van der Waals surface area contributed by atoms with E-state index in [2.05, 4.69) is 18.3 Å². The van der Waals surface area contributed by atoms with Crippen LogP contribution in [0.5, 0.6) is 11.5 Å². The summed E-state index contributed by atoms with van der Waals surface area (Å²) in [5.41, 5.74) is 2.28. The highest BCUT2D eigenvalue weighted by Gasteiger charge is 2.25. The van der Waals surface area contributed by atoms with Gasteiger partial charge in [-0.25, -0.2) is 0 Å². The number of ether oxygens (including phenoxy) is 2. The Balaban J connectivity index is 2.53. The zero-order chi connectivity index (χ0) is 13.1. The van der Waals surface area contributed by atoms with E-state index in [1.807, 2.05) is 0 Å². The number of nitrogens with one attached hydrogen (secondary N) is 1. The molecule has 0 amide bonds. The first-order valence-corrected chi connectivity index (χ1v) is 6.77. The van der Waals surface area contributed by atoms with Crippen LogP contribution in [0.1, 0.15) is 36.9 Å². The fourth-order valence-electron chi connectivity index (χ4n) is 2.59. The van der Waals surface area contributed by atoms with Crippen molar-refractivity contribution in [3.05, 3.63) is 22.2 Å². The van der Waals surface area contributed by atoms with Gasteiger partial charge < -0.3 is 14.8 Å². The molecule has 1 aromatic carbocycles. The number of rotatable bonds is 4. The van der Waals surface area contributed by atoms with Gasteiger partial charge in [0.1, 0.15) is 16.5 Å². The van der Waals surface area contributed by atoms with E-state index in [0.717, 1.165) is 42.0 Å². The molecule has 0 aliphatic carbocycles. The molecule has 1 N–H and O–H groups in total. The van der Waals surface area contributed by atoms with Crippen LogP contribution in [0.15, 0.2) is 6.07 Å². The van der Waals surface area contributed by atoms with Gasteiger partial charge >= 0.3 is 0 Å². The Morgan fingerprint density at radius 2 is 2.06 bits per heavy atom. The number of aryl methyl sites for hydroxylation is 1. The van der Waals surface area contributed by atoms with Crippen LogP contribution < -0.4 is 14.8 Å². The fraction of sp³-hybridized carbons (Fsp3) is 0.571. The van der Waals surface area contributed by atoms with Crippen molar-refractivity contribution in [2.24, 2.45) is 0 Å². The van der Waals surface area contributed by atoms with Crippen molar-refractivity contribution in [1.29, 1.82) is 0 Å². The van der Waals surface area contributed by atoms with Gasteiger partial charge in [-0.3, -0.25) is 0 Å². The molecule has 1 aromatic rings. The summed E-state index contributed by atoms with van der Waals surface area (Å²) in [6.07, 6.45) is 3.22. The third-order valence-electron chi connectivity index (χ3n) is 3.51. The van der Waals surface area contributed by atoms with Crippen LogP contribution in [0.25, 0.3) is 0 Å². The summed E-state index contributed by atoms with van der Waals surface area (Å²) >= 11 is 6.40. The van der Waals surface area contributed by atoms with Gasteiger partial charge in [-0.15, -0.1) is 0 Å². The van der Waals surface area contributed by atoms with Crippen LogP contribution in [0, 0.1) is 0 Å². The normalized spacial score (nSPS) is 19.0. The minimum atomic E-state index is 0.341. The topological polar surface area (TPSA) is 30.5 Å². The summed E-state index contributed by atoms with van der Waals surface area (Å²) in [7, 11) is 3.30. The van der Waals surface area contributed by atoms with Crippen molar-refractivity contribution >= 4 is 11.6 Å². The Hall–Kier alpha value is -0.930. The van der Waals surface area contributed by atoms with Gasteiger partial charge in [-0.2, -0.15) is 0 Å². The number of methoxy groups -OCH3 is 2. The van der Waals surface area contributed by atoms with Gasteiger partial charge in [0, 0.05) is 11.6 Å². The van der Waals surface area contributed by atoms with Gasteiger partial charge in [0.05, 0.1) is 14.2 Å². The standard InChI is InChI=1S/C14H20ClNO2/c1-4-9-8-10(11-6-5-7-16-11)14(18-3)12(15)13(9)17-2/h8,11,16H,4-7H2,1-3H3. The summed E-state index contributed by atoms with van der Waals surface area (Å²) in [6.45, 7) is 3.16. The van der Waals surface area contributed by atoms with Crippen LogP contribution in [-0.2, 0) is 6.42 Å².